The topological polar surface area (TPSA) is 88.1 Å². The molecule has 0 unspecified atom stereocenters. The van der Waals surface area contributed by atoms with Crippen molar-refractivity contribution in [1.82, 2.24) is 24.4 Å². The van der Waals surface area contributed by atoms with Crippen molar-refractivity contribution in [3.05, 3.63) is 59.9 Å². The average molecular weight is 477 g/mol. The smallest absolute Gasteiger partial charge is 0.229 e. The summed E-state index contributed by atoms with van der Waals surface area (Å²) in [5.41, 5.74) is 7.97. The van der Waals surface area contributed by atoms with Gasteiger partial charge in [-0.3, -0.25) is 4.57 Å². The third-order valence-electron chi connectivity index (χ3n) is 6.64. The fourth-order valence-electron chi connectivity index (χ4n) is 4.65. The van der Waals surface area contributed by atoms with Gasteiger partial charge in [-0.25, -0.2) is 18.7 Å². The van der Waals surface area contributed by atoms with Crippen LogP contribution in [0, 0.1) is 11.6 Å². The number of nitrogens with two attached hydrogens (primary N) is 1. The molecular formula is C25H26F2N8. The van der Waals surface area contributed by atoms with Gasteiger partial charge in [0.05, 0.1) is 0 Å². The molecule has 180 valence electrons. The first-order chi connectivity index (χ1) is 17.0. The Kier molecular flexibility index (Phi) is 5.25. The number of fused-ring (bicyclic) bond motifs is 1. The van der Waals surface area contributed by atoms with Crippen molar-refractivity contribution >= 4 is 34.2 Å². The van der Waals surface area contributed by atoms with Crippen LogP contribution in [0.25, 0.3) is 16.9 Å². The predicted molar refractivity (Wildman–Crippen MR) is 132 cm³/mol. The molecule has 2 fully saturated rings. The molecule has 1 aliphatic heterocycles. The lowest BCUT2D eigenvalue weighted by molar-refractivity contribution is 0.310. The van der Waals surface area contributed by atoms with Crippen LogP contribution in [0.4, 0.5) is 31.9 Å². The number of hydrogen-bond acceptors (Lipinski definition) is 7. The van der Waals surface area contributed by atoms with Gasteiger partial charge in [0.15, 0.2) is 17.3 Å². The Labute approximate surface area is 201 Å². The summed E-state index contributed by atoms with van der Waals surface area (Å²) >= 11 is 0. The van der Waals surface area contributed by atoms with Crippen molar-refractivity contribution in [2.75, 3.05) is 49.2 Å². The quantitative estimate of drug-likeness (QED) is 0.449. The largest absolute Gasteiger partial charge is 0.384 e. The monoisotopic (exact) mass is 476 g/mol. The highest BCUT2D eigenvalue weighted by Crippen LogP contribution is 2.43. The Hall–Kier alpha value is -3.79. The minimum Gasteiger partial charge on any atom is -0.384 e. The first-order valence-corrected chi connectivity index (χ1v) is 11.8. The summed E-state index contributed by atoms with van der Waals surface area (Å²) in [6.45, 7) is 2.68. The van der Waals surface area contributed by atoms with E-state index < -0.39 is 11.6 Å². The lowest BCUT2D eigenvalue weighted by atomic mass is 10.2. The zero-order chi connectivity index (χ0) is 24.1. The Morgan fingerprint density at radius 1 is 1.00 bits per heavy atom. The summed E-state index contributed by atoms with van der Waals surface area (Å²) in [5.74, 6) is 0.566. The van der Waals surface area contributed by atoms with Gasteiger partial charge in [0.2, 0.25) is 5.95 Å². The van der Waals surface area contributed by atoms with E-state index in [1.165, 1.54) is 12.1 Å². The van der Waals surface area contributed by atoms with Crippen LogP contribution in [0.3, 0.4) is 0 Å². The molecule has 0 bridgehead atoms. The Bertz CT molecular complexity index is 1380. The number of piperazine rings is 1. The maximum absolute atomic E-state index is 15.0. The second kappa shape index (κ2) is 8.46. The summed E-state index contributed by atoms with van der Waals surface area (Å²) in [4.78, 5) is 17.4. The fraction of sp³-hybridized carbons (Fsp3) is 0.320. The average Bonchev–Trinajstić information content (AvgIpc) is 3.60. The van der Waals surface area contributed by atoms with E-state index in [9.17, 15) is 8.78 Å². The molecular weight excluding hydrogens is 450 g/mol. The van der Waals surface area contributed by atoms with Crippen LogP contribution in [0.1, 0.15) is 24.5 Å². The highest BCUT2D eigenvalue weighted by Gasteiger charge is 2.29. The lowest BCUT2D eigenvalue weighted by Crippen LogP contribution is -2.45. The van der Waals surface area contributed by atoms with Gasteiger partial charge in [-0.1, -0.05) is 6.07 Å². The number of hydrogen-bond donors (Lipinski definition) is 2. The number of aromatic nitrogens is 4. The van der Waals surface area contributed by atoms with Gasteiger partial charge >= 0.3 is 0 Å². The zero-order valence-electron chi connectivity index (χ0n) is 19.4. The van der Waals surface area contributed by atoms with Crippen molar-refractivity contribution < 1.29 is 8.78 Å². The summed E-state index contributed by atoms with van der Waals surface area (Å²) in [6.07, 6.45) is 3.93. The van der Waals surface area contributed by atoms with E-state index >= 15 is 0 Å². The van der Waals surface area contributed by atoms with Gasteiger partial charge in [-0.15, -0.1) is 0 Å². The molecule has 10 heteroatoms. The van der Waals surface area contributed by atoms with E-state index in [0.29, 0.717) is 36.3 Å². The molecule has 1 saturated carbocycles. The van der Waals surface area contributed by atoms with Gasteiger partial charge in [0.25, 0.3) is 0 Å². The molecule has 35 heavy (non-hydrogen) atoms. The predicted octanol–water partition coefficient (Wildman–Crippen LogP) is 4.05. The highest BCUT2D eigenvalue weighted by molar-refractivity contribution is 5.80. The van der Waals surface area contributed by atoms with Crippen molar-refractivity contribution in [1.29, 1.82) is 0 Å². The van der Waals surface area contributed by atoms with Crippen molar-refractivity contribution in [3.8, 4) is 5.82 Å². The molecule has 2 aliphatic rings. The van der Waals surface area contributed by atoms with Crippen LogP contribution >= 0.6 is 0 Å². The normalized spacial score (nSPS) is 16.7. The summed E-state index contributed by atoms with van der Waals surface area (Å²) in [5, 5.41) is 3.84. The standard InChI is InChI=1S/C25H26F2N8/c1-33-7-9-34(10-8-33)23-18(26)12-17(13-19(23)27)30-25-29-14-16-11-20(15-5-6-15)35(24(16)32-25)22-4-2-3-21(28)31-22/h2-4,11-15H,5-10H2,1H3,(H2,28,31)(H,29,30,32). The van der Waals surface area contributed by atoms with Gasteiger partial charge in [0.1, 0.15) is 17.3 Å². The number of nitrogens with zero attached hydrogens (tertiary/aromatic N) is 6. The molecule has 6 rings (SSSR count). The van der Waals surface area contributed by atoms with Crippen LogP contribution in [0.5, 0.6) is 0 Å². The molecule has 1 aromatic carbocycles. The van der Waals surface area contributed by atoms with Crippen molar-refractivity contribution in [2.45, 2.75) is 18.8 Å². The Morgan fingerprint density at radius 2 is 1.74 bits per heavy atom. The SMILES string of the molecule is CN1CCN(c2c(F)cc(Nc3ncc4cc(C5CC5)n(-c5cccc(N)n5)c4n3)cc2F)CC1. The van der Waals surface area contributed by atoms with E-state index in [1.54, 1.807) is 17.2 Å². The molecule has 3 aromatic heterocycles. The van der Waals surface area contributed by atoms with Gasteiger partial charge in [-0.05, 0) is 56.1 Å². The van der Waals surface area contributed by atoms with Crippen LogP contribution in [-0.2, 0) is 0 Å². The van der Waals surface area contributed by atoms with E-state index in [-0.39, 0.29) is 17.3 Å². The zero-order valence-corrected chi connectivity index (χ0v) is 19.4. The number of likely N-dealkylation sites (N-methyl/N-ethyl adjacent to an activating group) is 1. The number of rotatable bonds is 5. The lowest BCUT2D eigenvalue weighted by Gasteiger charge is -2.34. The number of anilines is 4. The number of nitrogen functional groups attached to an aromatic ring is 1. The van der Waals surface area contributed by atoms with E-state index in [4.69, 9.17) is 5.73 Å². The fourth-order valence-corrected chi connectivity index (χ4v) is 4.65. The number of halogens is 2. The Morgan fingerprint density at radius 3 is 2.43 bits per heavy atom. The van der Waals surface area contributed by atoms with E-state index in [0.717, 1.165) is 37.0 Å². The van der Waals surface area contributed by atoms with Gasteiger partial charge in [-0.2, -0.15) is 4.98 Å². The van der Waals surface area contributed by atoms with Crippen molar-refractivity contribution in [2.24, 2.45) is 0 Å². The maximum Gasteiger partial charge on any atom is 0.229 e. The van der Waals surface area contributed by atoms with E-state index in [1.807, 2.05) is 23.7 Å². The molecule has 1 aliphatic carbocycles. The first-order valence-electron chi connectivity index (χ1n) is 11.8. The number of benzene rings is 1. The molecule has 3 N–H and O–H groups in total. The second-order valence-corrected chi connectivity index (χ2v) is 9.28. The van der Waals surface area contributed by atoms with Crippen LogP contribution in [0.15, 0.2) is 42.6 Å². The third-order valence-corrected chi connectivity index (χ3v) is 6.64. The van der Waals surface area contributed by atoms with Crippen LogP contribution in [0.2, 0.25) is 0 Å². The summed E-state index contributed by atoms with van der Waals surface area (Å²) in [7, 11) is 2.00. The van der Waals surface area contributed by atoms with Crippen molar-refractivity contribution in [3.63, 3.8) is 0 Å². The highest BCUT2D eigenvalue weighted by atomic mass is 19.1. The minimum atomic E-state index is -0.610. The number of nitrogens with one attached hydrogen (secondary N) is 1. The molecule has 4 aromatic rings. The first kappa shape index (κ1) is 21.7. The third kappa shape index (κ3) is 4.14. The molecule has 8 nitrogen and oxygen atoms in total. The molecule has 0 radical (unpaired) electrons. The molecule has 4 heterocycles. The summed E-state index contributed by atoms with van der Waals surface area (Å²) < 4.78 is 31.9. The Balaban J connectivity index is 1.34. The van der Waals surface area contributed by atoms with E-state index in [2.05, 4.69) is 31.2 Å². The van der Waals surface area contributed by atoms with Crippen LogP contribution in [-0.4, -0.2) is 57.6 Å². The maximum atomic E-state index is 15.0. The molecule has 1 saturated heterocycles. The van der Waals surface area contributed by atoms with Gasteiger partial charge in [0, 0.05) is 49.1 Å². The minimum absolute atomic E-state index is 0.00992. The van der Waals surface area contributed by atoms with Gasteiger partial charge < -0.3 is 20.9 Å². The summed E-state index contributed by atoms with van der Waals surface area (Å²) in [6, 6.07) is 10.1. The second-order valence-electron chi connectivity index (χ2n) is 9.28. The molecule has 0 atom stereocenters. The molecule has 0 amide bonds. The number of pyridine rings is 1. The van der Waals surface area contributed by atoms with Crippen LogP contribution < -0.4 is 16.0 Å². The molecule has 0 spiro atoms.